The van der Waals surface area contributed by atoms with Crippen LogP contribution in [0.5, 0.6) is 0 Å². The Morgan fingerprint density at radius 3 is 2.30 bits per heavy atom. The largest absolute Gasteiger partial charge is 0.462 e. The summed E-state index contributed by atoms with van der Waals surface area (Å²) in [7, 11) is 0. The van der Waals surface area contributed by atoms with Crippen LogP contribution >= 0.6 is 0 Å². The molecule has 2 saturated carbocycles. The molecular formula is C17H23NO2. The molecule has 2 fully saturated rings. The third-order valence-corrected chi connectivity index (χ3v) is 4.15. The first-order chi connectivity index (χ1) is 9.78. The topological polar surface area (TPSA) is 38.3 Å². The van der Waals surface area contributed by atoms with Gasteiger partial charge in [-0.3, -0.25) is 0 Å². The van der Waals surface area contributed by atoms with E-state index in [4.69, 9.17) is 4.74 Å². The maximum absolute atomic E-state index is 11.7. The Kier molecular flexibility index (Phi) is 3.95. The number of benzene rings is 1. The average Bonchev–Trinajstić information content (AvgIpc) is 3.36. The second-order valence-corrected chi connectivity index (χ2v) is 6.06. The molecule has 2 aliphatic carbocycles. The van der Waals surface area contributed by atoms with E-state index in [9.17, 15) is 4.79 Å². The highest BCUT2D eigenvalue weighted by Crippen LogP contribution is 2.45. The summed E-state index contributed by atoms with van der Waals surface area (Å²) >= 11 is 0. The zero-order valence-electron chi connectivity index (χ0n) is 12.1. The lowest BCUT2D eigenvalue weighted by Crippen LogP contribution is -2.24. The van der Waals surface area contributed by atoms with E-state index < -0.39 is 0 Å². The first kappa shape index (κ1) is 13.5. The molecule has 0 amide bonds. The number of anilines is 1. The van der Waals surface area contributed by atoms with E-state index in [0.29, 0.717) is 18.2 Å². The molecule has 0 aliphatic heterocycles. The number of hydrogen-bond donors (Lipinski definition) is 1. The van der Waals surface area contributed by atoms with E-state index in [1.165, 1.54) is 25.7 Å². The van der Waals surface area contributed by atoms with E-state index in [0.717, 1.165) is 23.9 Å². The monoisotopic (exact) mass is 273 g/mol. The molecule has 108 valence electrons. The van der Waals surface area contributed by atoms with Crippen LogP contribution < -0.4 is 5.32 Å². The number of carbonyl (C=O) groups excluding carboxylic acids is 1. The third-order valence-electron chi connectivity index (χ3n) is 4.15. The molecule has 0 saturated heterocycles. The molecule has 0 radical (unpaired) electrons. The van der Waals surface area contributed by atoms with Crippen molar-refractivity contribution in [1.82, 2.24) is 0 Å². The zero-order valence-corrected chi connectivity index (χ0v) is 12.1. The van der Waals surface area contributed by atoms with Crippen LogP contribution in [0.2, 0.25) is 0 Å². The predicted octanol–water partition coefficient (Wildman–Crippen LogP) is 3.85. The molecule has 3 heteroatoms. The first-order valence-electron chi connectivity index (χ1n) is 7.81. The van der Waals surface area contributed by atoms with Crippen LogP contribution in [0.3, 0.4) is 0 Å². The minimum absolute atomic E-state index is 0.223. The lowest BCUT2D eigenvalue weighted by Gasteiger charge is -2.19. The van der Waals surface area contributed by atoms with Crippen LogP contribution in [0.15, 0.2) is 24.3 Å². The van der Waals surface area contributed by atoms with Gasteiger partial charge in [-0.2, -0.15) is 0 Å². The highest BCUT2D eigenvalue weighted by molar-refractivity contribution is 5.89. The van der Waals surface area contributed by atoms with Gasteiger partial charge in [0.1, 0.15) is 0 Å². The van der Waals surface area contributed by atoms with Gasteiger partial charge in [-0.25, -0.2) is 4.79 Å². The normalized spacial score (nSPS) is 18.1. The molecule has 0 aromatic heterocycles. The van der Waals surface area contributed by atoms with E-state index in [2.05, 4.69) is 5.32 Å². The number of nitrogens with one attached hydrogen (secondary N) is 1. The molecule has 2 aliphatic rings. The molecule has 3 nitrogen and oxygen atoms in total. The van der Waals surface area contributed by atoms with E-state index >= 15 is 0 Å². The molecular weight excluding hydrogens is 250 g/mol. The van der Waals surface area contributed by atoms with Crippen LogP contribution in [0.4, 0.5) is 5.69 Å². The molecule has 20 heavy (non-hydrogen) atoms. The van der Waals surface area contributed by atoms with Crippen molar-refractivity contribution < 1.29 is 9.53 Å². The Labute approximate surface area is 120 Å². The van der Waals surface area contributed by atoms with Crippen molar-refractivity contribution in [3.8, 4) is 0 Å². The van der Waals surface area contributed by atoms with Crippen molar-refractivity contribution in [3.63, 3.8) is 0 Å². The fourth-order valence-corrected chi connectivity index (χ4v) is 2.70. The van der Waals surface area contributed by atoms with Gasteiger partial charge in [0.05, 0.1) is 12.2 Å². The quantitative estimate of drug-likeness (QED) is 0.767. The summed E-state index contributed by atoms with van der Waals surface area (Å²) in [5.74, 6) is 1.52. The van der Waals surface area contributed by atoms with Crippen LogP contribution in [-0.4, -0.2) is 18.6 Å². The fraction of sp³-hybridized carbons (Fsp3) is 0.588. The number of esters is 1. The Bertz CT molecular complexity index is 448. The maximum Gasteiger partial charge on any atom is 0.338 e. The molecule has 0 unspecified atom stereocenters. The van der Waals surface area contributed by atoms with Gasteiger partial charge in [-0.15, -0.1) is 0 Å². The van der Waals surface area contributed by atoms with Crippen LogP contribution in [0.1, 0.15) is 49.4 Å². The van der Waals surface area contributed by atoms with Gasteiger partial charge in [0, 0.05) is 11.7 Å². The Morgan fingerprint density at radius 1 is 1.20 bits per heavy atom. The standard InChI is InChI=1S/C17H23NO2/c1-2-11-20-17(19)14-7-9-15(10-8-14)18-16(12-3-4-12)13-5-6-13/h7-10,12-13,16,18H,2-6,11H2,1H3. The molecule has 0 bridgehead atoms. The first-order valence-corrected chi connectivity index (χ1v) is 7.81. The predicted molar refractivity (Wildman–Crippen MR) is 79.9 cm³/mol. The Balaban J connectivity index is 1.59. The second kappa shape index (κ2) is 5.86. The van der Waals surface area contributed by atoms with Gasteiger partial charge in [0.2, 0.25) is 0 Å². The molecule has 0 spiro atoms. The van der Waals surface area contributed by atoms with E-state index in [1.807, 2.05) is 31.2 Å². The number of ether oxygens (including phenoxy) is 1. The van der Waals surface area contributed by atoms with E-state index in [-0.39, 0.29) is 5.97 Å². The van der Waals surface area contributed by atoms with Crippen molar-refractivity contribution in [2.75, 3.05) is 11.9 Å². The number of carbonyl (C=O) groups is 1. The molecule has 3 rings (SSSR count). The summed E-state index contributed by atoms with van der Waals surface area (Å²) in [6, 6.07) is 8.36. The number of hydrogen-bond acceptors (Lipinski definition) is 3. The fourth-order valence-electron chi connectivity index (χ4n) is 2.70. The van der Waals surface area contributed by atoms with Crippen molar-refractivity contribution in [1.29, 1.82) is 0 Å². The smallest absolute Gasteiger partial charge is 0.338 e. The van der Waals surface area contributed by atoms with Gasteiger partial charge in [0.15, 0.2) is 0 Å². The molecule has 0 heterocycles. The van der Waals surface area contributed by atoms with Gasteiger partial charge in [-0.05, 0) is 68.2 Å². The van der Waals surface area contributed by atoms with Crippen molar-refractivity contribution in [2.45, 2.75) is 45.1 Å². The Hall–Kier alpha value is -1.51. The second-order valence-electron chi connectivity index (χ2n) is 6.06. The molecule has 1 aromatic carbocycles. The number of rotatable bonds is 7. The van der Waals surface area contributed by atoms with Gasteiger partial charge in [0.25, 0.3) is 0 Å². The Morgan fingerprint density at radius 2 is 1.80 bits per heavy atom. The molecule has 1 aromatic rings. The zero-order chi connectivity index (χ0) is 13.9. The summed E-state index contributed by atoms with van der Waals surface area (Å²) in [6.07, 6.45) is 6.34. The van der Waals surface area contributed by atoms with Crippen molar-refractivity contribution >= 4 is 11.7 Å². The van der Waals surface area contributed by atoms with Crippen molar-refractivity contribution in [3.05, 3.63) is 29.8 Å². The third kappa shape index (κ3) is 3.33. The molecule has 0 atom stereocenters. The van der Waals surface area contributed by atoms with Gasteiger partial charge in [-0.1, -0.05) is 6.92 Å². The maximum atomic E-state index is 11.7. The summed E-state index contributed by atoms with van der Waals surface area (Å²) in [5.41, 5.74) is 1.76. The summed E-state index contributed by atoms with van der Waals surface area (Å²) in [4.78, 5) is 11.7. The van der Waals surface area contributed by atoms with Crippen molar-refractivity contribution in [2.24, 2.45) is 11.8 Å². The van der Waals surface area contributed by atoms with Gasteiger partial charge >= 0.3 is 5.97 Å². The SMILES string of the molecule is CCCOC(=O)c1ccc(NC(C2CC2)C2CC2)cc1. The minimum atomic E-state index is -0.223. The summed E-state index contributed by atoms with van der Waals surface area (Å²) < 4.78 is 5.14. The minimum Gasteiger partial charge on any atom is -0.462 e. The van der Waals surface area contributed by atoms with Crippen LogP contribution in [0.25, 0.3) is 0 Å². The lowest BCUT2D eigenvalue weighted by atomic mass is 10.1. The van der Waals surface area contributed by atoms with E-state index in [1.54, 1.807) is 0 Å². The average molecular weight is 273 g/mol. The highest BCUT2D eigenvalue weighted by atomic mass is 16.5. The summed E-state index contributed by atoms with van der Waals surface area (Å²) in [5, 5.41) is 3.66. The van der Waals surface area contributed by atoms with Crippen LogP contribution in [-0.2, 0) is 4.74 Å². The van der Waals surface area contributed by atoms with Crippen LogP contribution in [0, 0.1) is 11.8 Å². The summed E-state index contributed by atoms with van der Waals surface area (Å²) in [6.45, 7) is 2.49. The lowest BCUT2D eigenvalue weighted by molar-refractivity contribution is 0.0505. The molecule has 1 N–H and O–H groups in total. The highest BCUT2D eigenvalue weighted by Gasteiger charge is 2.41. The van der Waals surface area contributed by atoms with Gasteiger partial charge < -0.3 is 10.1 Å².